The molecule has 3 aromatic carbocycles. The van der Waals surface area contributed by atoms with E-state index in [2.05, 4.69) is 11.4 Å². The summed E-state index contributed by atoms with van der Waals surface area (Å²) in [6, 6.07) is 19.8. The van der Waals surface area contributed by atoms with Gasteiger partial charge in [-0.2, -0.15) is 0 Å². The van der Waals surface area contributed by atoms with E-state index in [-0.39, 0.29) is 36.5 Å². The minimum absolute atomic E-state index is 0.0186. The van der Waals surface area contributed by atoms with Crippen LogP contribution in [0.2, 0.25) is 5.02 Å². The second kappa shape index (κ2) is 14.5. The van der Waals surface area contributed by atoms with Crippen molar-refractivity contribution in [2.75, 3.05) is 32.9 Å². The summed E-state index contributed by atoms with van der Waals surface area (Å²) in [5, 5.41) is 13.9. The molecule has 3 aromatic rings. The average Bonchev–Trinajstić information content (AvgIpc) is 3.90. The highest BCUT2D eigenvalue weighted by atomic mass is 35.5. The van der Waals surface area contributed by atoms with Gasteiger partial charge in [0.15, 0.2) is 0 Å². The number of aliphatic hydroxyl groups is 1. The number of hydrogen-bond donors (Lipinski definition) is 2. The van der Waals surface area contributed by atoms with Crippen LogP contribution in [0.4, 0.5) is 0 Å². The van der Waals surface area contributed by atoms with Crippen molar-refractivity contribution < 1.29 is 24.2 Å². The Balaban J connectivity index is 1.23. The number of aryl methyl sites for hydroxylation is 2. The minimum Gasteiger partial charge on any atom is -0.490 e. The van der Waals surface area contributed by atoms with Crippen LogP contribution in [0.15, 0.2) is 66.2 Å². The Kier molecular flexibility index (Phi) is 10.2. The van der Waals surface area contributed by atoms with Crippen molar-refractivity contribution in [1.29, 1.82) is 0 Å². The molecule has 6 rings (SSSR count). The van der Waals surface area contributed by atoms with Crippen LogP contribution < -0.4 is 14.8 Å². The summed E-state index contributed by atoms with van der Waals surface area (Å²) >= 11 is 6.35. The number of halogens is 1. The summed E-state index contributed by atoms with van der Waals surface area (Å²) in [5.41, 5.74) is 7.12. The zero-order valence-electron chi connectivity index (χ0n) is 27.4. The summed E-state index contributed by atoms with van der Waals surface area (Å²) in [7, 11) is 0. The Bertz CT molecular complexity index is 1650. The molecule has 2 fully saturated rings. The summed E-state index contributed by atoms with van der Waals surface area (Å²) in [5.74, 6) is 1.41. The van der Waals surface area contributed by atoms with E-state index in [4.69, 9.17) is 21.1 Å². The largest absolute Gasteiger partial charge is 0.490 e. The van der Waals surface area contributed by atoms with Crippen molar-refractivity contribution in [2.45, 2.75) is 71.1 Å². The van der Waals surface area contributed by atoms with Gasteiger partial charge in [0, 0.05) is 50.8 Å². The van der Waals surface area contributed by atoms with E-state index in [1.807, 2.05) is 78.2 Å². The number of carbonyl (C=O) groups is 2. The zero-order valence-corrected chi connectivity index (χ0v) is 28.2. The van der Waals surface area contributed by atoms with Crippen LogP contribution in [0.25, 0.3) is 5.57 Å². The normalized spacial score (nSPS) is 19.0. The number of nitrogens with zero attached hydrogens (tertiary/aromatic N) is 2. The summed E-state index contributed by atoms with van der Waals surface area (Å²) < 4.78 is 11.9. The molecule has 0 spiro atoms. The van der Waals surface area contributed by atoms with Crippen molar-refractivity contribution in [2.24, 2.45) is 0 Å². The SMILES string of the molecule is CC(=O)N1CC2CC(c3ccc(OCCOc4cc(C)c(C)cc4Cl)cc3)=C(C(=O)N(Cc3ccccc3CCO)C3CC3)C(C1)N2. The van der Waals surface area contributed by atoms with Crippen molar-refractivity contribution in [1.82, 2.24) is 15.1 Å². The molecule has 2 N–H and O–H groups in total. The van der Waals surface area contributed by atoms with E-state index in [0.29, 0.717) is 62.2 Å². The Hall–Kier alpha value is -3.85. The average molecular weight is 658 g/mol. The summed E-state index contributed by atoms with van der Waals surface area (Å²) in [6.07, 6.45) is 3.15. The first kappa shape index (κ1) is 33.1. The van der Waals surface area contributed by atoms with Crippen LogP contribution in [0.5, 0.6) is 11.5 Å². The fourth-order valence-corrected chi connectivity index (χ4v) is 6.99. The van der Waals surface area contributed by atoms with Crippen molar-refractivity contribution in [3.8, 4) is 11.5 Å². The standard InChI is InChI=1S/C38H44ClN3O5/c1-24-18-34(39)36(19-25(24)2)47-17-16-46-32-12-8-28(9-13-32)33-20-30-22-41(26(3)44)23-35(40-30)37(33)38(45)42(31-10-11-31)21-29-7-5-4-6-27(29)14-15-43/h4-9,12-13,18-19,30-31,35,40,43H,10-11,14-17,20-23H2,1-3H3. The molecule has 0 radical (unpaired) electrons. The lowest BCUT2D eigenvalue weighted by Gasteiger charge is -2.44. The number of amides is 2. The van der Waals surface area contributed by atoms with E-state index in [1.165, 1.54) is 0 Å². The molecular weight excluding hydrogens is 614 g/mol. The Morgan fingerprint density at radius 1 is 0.979 bits per heavy atom. The molecule has 2 unspecified atom stereocenters. The molecule has 2 heterocycles. The molecule has 0 aromatic heterocycles. The number of nitrogens with one attached hydrogen (secondary N) is 1. The van der Waals surface area contributed by atoms with E-state index in [1.54, 1.807) is 6.92 Å². The highest BCUT2D eigenvalue weighted by Crippen LogP contribution is 2.38. The van der Waals surface area contributed by atoms with Gasteiger partial charge in [0.1, 0.15) is 24.7 Å². The molecular formula is C38H44ClN3O5. The topological polar surface area (TPSA) is 91.3 Å². The third-order valence-corrected chi connectivity index (χ3v) is 9.83. The number of carbonyl (C=O) groups excluding carboxylic acids is 2. The quantitative estimate of drug-likeness (QED) is 0.251. The summed E-state index contributed by atoms with van der Waals surface area (Å²) in [6.45, 7) is 7.99. The maximum atomic E-state index is 14.7. The molecule has 1 saturated heterocycles. The van der Waals surface area contributed by atoms with Crippen LogP contribution in [0, 0.1) is 13.8 Å². The molecule has 1 aliphatic carbocycles. The van der Waals surface area contributed by atoms with Gasteiger partial charge in [-0.25, -0.2) is 0 Å². The predicted molar refractivity (Wildman–Crippen MR) is 184 cm³/mol. The highest BCUT2D eigenvalue weighted by Gasteiger charge is 2.43. The third kappa shape index (κ3) is 7.67. The molecule has 2 aliphatic heterocycles. The fraction of sp³-hybridized carbons (Fsp3) is 0.421. The molecule has 9 heteroatoms. The molecule has 47 heavy (non-hydrogen) atoms. The number of rotatable bonds is 12. The van der Waals surface area contributed by atoms with Gasteiger partial charge < -0.3 is 29.7 Å². The van der Waals surface area contributed by atoms with E-state index < -0.39 is 0 Å². The highest BCUT2D eigenvalue weighted by molar-refractivity contribution is 6.32. The van der Waals surface area contributed by atoms with Crippen LogP contribution in [-0.4, -0.2) is 77.8 Å². The first-order valence-corrected chi connectivity index (χ1v) is 17.0. The van der Waals surface area contributed by atoms with Crippen molar-refractivity contribution in [3.63, 3.8) is 0 Å². The molecule has 2 atom stereocenters. The lowest BCUT2D eigenvalue weighted by molar-refractivity contribution is -0.132. The molecule has 3 aliphatic rings. The van der Waals surface area contributed by atoms with E-state index in [9.17, 15) is 14.7 Å². The predicted octanol–water partition coefficient (Wildman–Crippen LogP) is 5.49. The van der Waals surface area contributed by atoms with E-state index >= 15 is 0 Å². The first-order valence-electron chi connectivity index (χ1n) is 16.6. The van der Waals surface area contributed by atoms with Crippen LogP contribution in [-0.2, 0) is 22.6 Å². The van der Waals surface area contributed by atoms with Crippen LogP contribution >= 0.6 is 11.6 Å². The van der Waals surface area contributed by atoms with Gasteiger partial charge in [0.2, 0.25) is 5.91 Å². The Morgan fingerprint density at radius 3 is 2.38 bits per heavy atom. The molecule has 8 nitrogen and oxygen atoms in total. The second-order valence-corrected chi connectivity index (χ2v) is 13.3. The fourth-order valence-electron chi connectivity index (χ4n) is 6.72. The van der Waals surface area contributed by atoms with Crippen molar-refractivity contribution >= 4 is 29.0 Å². The maximum absolute atomic E-state index is 14.7. The minimum atomic E-state index is -0.256. The number of ether oxygens (including phenoxy) is 2. The van der Waals surface area contributed by atoms with Gasteiger partial charge in [-0.05, 0) is 97.2 Å². The number of hydrogen-bond acceptors (Lipinski definition) is 6. The van der Waals surface area contributed by atoms with Gasteiger partial charge in [-0.1, -0.05) is 48.0 Å². The van der Waals surface area contributed by atoms with Crippen LogP contribution in [0.3, 0.4) is 0 Å². The Labute approximate surface area is 282 Å². The monoisotopic (exact) mass is 657 g/mol. The number of fused-ring (bicyclic) bond motifs is 2. The van der Waals surface area contributed by atoms with Gasteiger partial charge in [-0.15, -0.1) is 0 Å². The van der Waals surface area contributed by atoms with Gasteiger partial charge in [0.05, 0.1) is 11.1 Å². The lowest BCUT2D eigenvalue weighted by Crippen LogP contribution is -2.61. The zero-order chi connectivity index (χ0) is 33.1. The third-order valence-electron chi connectivity index (χ3n) is 9.53. The van der Waals surface area contributed by atoms with Gasteiger partial charge in [-0.3, -0.25) is 9.59 Å². The van der Waals surface area contributed by atoms with Gasteiger partial charge in [0.25, 0.3) is 5.91 Å². The van der Waals surface area contributed by atoms with E-state index in [0.717, 1.165) is 51.8 Å². The molecule has 1 saturated carbocycles. The molecule has 2 amide bonds. The first-order chi connectivity index (χ1) is 22.7. The Morgan fingerprint density at radius 2 is 1.68 bits per heavy atom. The number of benzene rings is 3. The molecule has 2 bridgehead atoms. The number of piperazine rings is 1. The lowest BCUT2D eigenvalue weighted by atomic mass is 9.82. The molecule has 248 valence electrons. The second-order valence-electron chi connectivity index (χ2n) is 12.9. The summed E-state index contributed by atoms with van der Waals surface area (Å²) in [4.78, 5) is 31.0. The van der Waals surface area contributed by atoms with Crippen molar-refractivity contribution in [3.05, 3.63) is 99.1 Å². The number of aliphatic hydroxyl groups excluding tert-OH is 1. The smallest absolute Gasteiger partial charge is 0.252 e. The maximum Gasteiger partial charge on any atom is 0.252 e. The van der Waals surface area contributed by atoms with Gasteiger partial charge >= 0.3 is 0 Å². The van der Waals surface area contributed by atoms with Crippen LogP contribution in [0.1, 0.15) is 54.0 Å².